The predicted molar refractivity (Wildman–Crippen MR) is 87.9 cm³/mol. The number of urea groups is 1. The van der Waals surface area contributed by atoms with Crippen molar-refractivity contribution in [3.05, 3.63) is 35.8 Å². The number of rotatable bonds is 4. The number of carbonyl (C=O) groups excluding carboxylic acids is 1. The zero-order valence-corrected chi connectivity index (χ0v) is 13.0. The number of hydrogen-bond donors (Lipinski definition) is 3. The summed E-state index contributed by atoms with van der Waals surface area (Å²) in [5, 5.41) is 18.3. The van der Waals surface area contributed by atoms with Gasteiger partial charge < -0.3 is 15.7 Å². The highest BCUT2D eigenvalue weighted by molar-refractivity contribution is 7.13. The van der Waals surface area contributed by atoms with Gasteiger partial charge in [0.15, 0.2) is 0 Å². The van der Waals surface area contributed by atoms with Gasteiger partial charge in [-0.25, -0.2) is 9.78 Å². The molecule has 0 bridgehead atoms. The first kappa shape index (κ1) is 15.0. The molecule has 3 N–H and O–H groups in total. The van der Waals surface area contributed by atoms with Crippen LogP contribution in [0.2, 0.25) is 0 Å². The standard InChI is InChI=1S/C16H19N3O2S/c20-14-6-2-4-12(14)10-18-16(21)19-13-5-1-3-11(9-13)15-17-7-8-22-15/h1,3,5,7-9,12,14,20H,2,4,6,10H2,(H2,18,19,21). The first-order valence-corrected chi connectivity index (χ1v) is 8.33. The van der Waals surface area contributed by atoms with Gasteiger partial charge in [0.1, 0.15) is 5.01 Å². The van der Waals surface area contributed by atoms with Crippen molar-refractivity contribution in [2.24, 2.45) is 5.92 Å². The highest BCUT2D eigenvalue weighted by atomic mass is 32.1. The Morgan fingerprint density at radius 2 is 2.32 bits per heavy atom. The maximum absolute atomic E-state index is 12.0. The SMILES string of the molecule is O=C(NCC1CCCC1O)Nc1cccc(-c2nccs2)c1. The second kappa shape index (κ2) is 6.89. The fourth-order valence-electron chi connectivity index (χ4n) is 2.75. The van der Waals surface area contributed by atoms with Crippen molar-refractivity contribution in [1.29, 1.82) is 0 Å². The number of aliphatic hydroxyl groups is 1. The largest absolute Gasteiger partial charge is 0.393 e. The van der Waals surface area contributed by atoms with Crippen LogP contribution in [-0.2, 0) is 0 Å². The Bertz CT molecular complexity index is 630. The Balaban J connectivity index is 1.56. The van der Waals surface area contributed by atoms with Crippen LogP contribution < -0.4 is 10.6 Å². The van der Waals surface area contributed by atoms with Crippen molar-refractivity contribution < 1.29 is 9.90 Å². The highest BCUT2D eigenvalue weighted by Gasteiger charge is 2.25. The molecule has 1 aliphatic carbocycles. The highest BCUT2D eigenvalue weighted by Crippen LogP contribution is 2.25. The van der Waals surface area contributed by atoms with Crippen LogP contribution in [0.3, 0.4) is 0 Å². The van der Waals surface area contributed by atoms with E-state index in [0.29, 0.717) is 6.54 Å². The molecule has 5 nitrogen and oxygen atoms in total. The van der Waals surface area contributed by atoms with E-state index in [1.54, 1.807) is 17.5 Å². The molecule has 0 radical (unpaired) electrons. The molecule has 3 rings (SSSR count). The molecule has 2 amide bonds. The summed E-state index contributed by atoms with van der Waals surface area (Å²) in [5.74, 6) is 0.174. The predicted octanol–water partition coefficient (Wildman–Crippen LogP) is 3.09. The van der Waals surface area contributed by atoms with Crippen LogP contribution in [0.15, 0.2) is 35.8 Å². The van der Waals surface area contributed by atoms with Gasteiger partial charge in [-0.15, -0.1) is 11.3 Å². The summed E-state index contributed by atoms with van der Waals surface area (Å²) in [5.41, 5.74) is 1.72. The fourth-order valence-corrected chi connectivity index (χ4v) is 3.39. The first-order chi connectivity index (χ1) is 10.7. The normalized spacial score (nSPS) is 20.8. The average Bonchev–Trinajstić information content (AvgIpc) is 3.17. The quantitative estimate of drug-likeness (QED) is 0.811. The molecule has 2 aromatic rings. The Kier molecular flexibility index (Phi) is 4.70. The summed E-state index contributed by atoms with van der Waals surface area (Å²) in [6.45, 7) is 0.513. The number of aliphatic hydroxyl groups excluding tert-OH is 1. The molecule has 2 atom stereocenters. The maximum Gasteiger partial charge on any atom is 0.319 e. The molecule has 1 aliphatic rings. The number of nitrogens with one attached hydrogen (secondary N) is 2. The van der Waals surface area contributed by atoms with Gasteiger partial charge >= 0.3 is 6.03 Å². The van der Waals surface area contributed by atoms with Crippen molar-refractivity contribution in [3.63, 3.8) is 0 Å². The van der Waals surface area contributed by atoms with E-state index >= 15 is 0 Å². The van der Waals surface area contributed by atoms with E-state index in [2.05, 4.69) is 15.6 Å². The van der Waals surface area contributed by atoms with E-state index in [1.165, 1.54) is 0 Å². The monoisotopic (exact) mass is 317 g/mol. The third kappa shape index (κ3) is 3.64. The van der Waals surface area contributed by atoms with E-state index in [4.69, 9.17) is 0 Å². The molecule has 22 heavy (non-hydrogen) atoms. The molecule has 1 fully saturated rings. The van der Waals surface area contributed by atoms with Crippen molar-refractivity contribution in [1.82, 2.24) is 10.3 Å². The van der Waals surface area contributed by atoms with E-state index in [-0.39, 0.29) is 18.1 Å². The zero-order valence-electron chi connectivity index (χ0n) is 12.2. The Hall–Kier alpha value is -1.92. The minimum absolute atomic E-state index is 0.174. The molecule has 2 unspecified atom stereocenters. The van der Waals surface area contributed by atoms with Gasteiger partial charge in [-0.1, -0.05) is 18.6 Å². The summed E-state index contributed by atoms with van der Waals surface area (Å²) in [4.78, 5) is 16.2. The summed E-state index contributed by atoms with van der Waals surface area (Å²) in [6.07, 6.45) is 4.32. The van der Waals surface area contributed by atoms with E-state index < -0.39 is 0 Å². The minimum atomic E-state index is -0.284. The lowest BCUT2D eigenvalue weighted by Gasteiger charge is -2.15. The van der Waals surface area contributed by atoms with Crippen LogP contribution in [0.25, 0.3) is 10.6 Å². The molecular formula is C16H19N3O2S. The van der Waals surface area contributed by atoms with Gasteiger partial charge in [0.2, 0.25) is 0 Å². The third-order valence-corrected chi connectivity index (χ3v) is 4.77. The number of nitrogens with zero attached hydrogens (tertiary/aromatic N) is 1. The molecule has 1 saturated carbocycles. The van der Waals surface area contributed by atoms with Gasteiger partial charge in [0.05, 0.1) is 6.10 Å². The summed E-state index contributed by atoms with van der Waals surface area (Å²) >= 11 is 1.56. The lowest BCUT2D eigenvalue weighted by atomic mass is 10.1. The molecule has 6 heteroatoms. The number of aromatic nitrogens is 1. The van der Waals surface area contributed by atoms with E-state index in [1.807, 2.05) is 29.6 Å². The van der Waals surface area contributed by atoms with Crippen LogP contribution in [0.5, 0.6) is 0 Å². The number of amides is 2. The molecule has 0 spiro atoms. The van der Waals surface area contributed by atoms with Crippen molar-refractivity contribution in [3.8, 4) is 10.6 Å². The number of carbonyl (C=O) groups is 1. The van der Waals surface area contributed by atoms with Gasteiger partial charge in [0, 0.05) is 35.3 Å². The zero-order chi connectivity index (χ0) is 15.4. The minimum Gasteiger partial charge on any atom is -0.393 e. The van der Waals surface area contributed by atoms with Gasteiger partial charge in [-0.2, -0.15) is 0 Å². The summed E-state index contributed by atoms with van der Waals surface area (Å²) < 4.78 is 0. The number of anilines is 1. The van der Waals surface area contributed by atoms with Crippen molar-refractivity contribution >= 4 is 23.1 Å². The molecule has 1 heterocycles. The number of thiazole rings is 1. The average molecular weight is 317 g/mol. The number of hydrogen-bond acceptors (Lipinski definition) is 4. The topological polar surface area (TPSA) is 74.2 Å². The second-order valence-electron chi connectivity index (χ2n) is 5.51. The second-order valence-corrected chi connectivity index (χ2v) is 6.41. The van der Waals surface area contributed by atoms with E-state index in [0.717, 1.165) is 35.5 Å². The first-order valence-electron chi connectivity index (χ1n) is 7.45. The van der Waals surface area contributed by atoms with Crippen molar-refractivity contribution in [2.45, 2.75) is 25.4 Å². The molecule has 1 aromatic heterocycles. The molecule has 1 aromatic carbocycles. The van der Waals surface area contributed by atoms with Crippen LogP contribution in [-0.4, -0.2) is 28.8 Å². The Morgan fingerprint density at radius 3 is 3.05 bits per heavy atom. The van der Waals surface area contributed by atoms with Crippen LogP contribution in [0.1, 0.15) is 19.3 Å². The van der Waals surface area contributed by atoms with Gasteiger partial charge in [-0.3, -0.25) is 0 Å². The summed E-state index contributed by atoms with van der Waals surface area (Å²) in [6, 6.07) is 7.38. The molecule has 0 aliphatic heterocycles. The van der Waals surface area contributed by atoms with Gasteiger partial charge in [-0.05, 0) is 25.0 Å². The summed E-state index contributed by atoms with van der Waals surface area (Å²) in [7, 11) is 0. The lowest BCUT2D eigenvalue weighted by molar-refractivity contribution is 0.133. The Morgan fingerprint density at radius 1 is 1.41 bits per heavy atom. The molecule has 116 valence electrons. The van der Waals surface area contributed by atoms with E-state index in [9.17, 15) is 9.90 Å². The fraction of sp³-hybridized carbons (Fsp3) is 0.375. The molecular weight excluding hydrogens is 298 g/mol. The van der Waals surface area contributed by atoms with Crippen LogP contribution >= 0.6 is 11.3 Å². The third-order valence-electron chi connectivity index (χ3n) is 3.94. The maximum atomic E-state index is 12.0. The van der Waals surface area contributed by atoms with Crippen LogP contribution in [0, 0.1) is 5.92 Å². The smallest absolute Gasteiger partial charge is 0.319 e. The Labute approximate surface area is 133 Å². The van der Waals surface area contributed by atoms with Crippen molar-refractivity contribution in [2.75, 3.05) is 11.9 Å². The molecule has 0 saturated heterocycles. The van der Waals surface area contributed by atoms with Gasteiger partial charge in [0.25, 0.3) is 0 Å². The number of benzene rings is 1. The van der Waals surface area contributed by atoms with Crippen LogP contribution in [0.4, 0.5) is 10.5 Å². The lowest BCUT2D eigenvalue weighted by Crippen LogP contribution is -2.35.